The van der Waals surface area contributed by atoms with Gasteiger partial charge in [0, 0.05) is 11.1 Å². The van der Waals surface area contributed by atoms with E-state index in [0.29, 0.717) is 23.5 Å². The fourth-order valence-electron chi connectivity index (χ4n) is 2.74. The van der Waals surface area contributed by atoms with Crippen LogP contribution in [0, 0.1) is 0 Å². The third-order valence-electron chi connectivity index (χ3n) is 3.78. The largest absolute Gasteiger partial charge is 0.490 e. The molecule has 0 radical (unpaired) electrons. The quantitative estimate of drug-likeness (QED) is 0.736. The summed E-state index contributed by atoms with van der Waals surface area (Å²) in [5.74, 6) is -0.0740. The van der Waals surface area contributed by atoms with Crippen molar-refractivity contribution in [3.8, 4) is 28.4 Å². The molecule has 0 unspecified atom stereocenters. The summed E-state index contributed by atoms with van der Waals surface area (Å²) in [5, 5.41) is 0. The maximum absolute atomic E-state index is 12.6. The lowest BCUT2D eigenvalue weighted by molar-refractivity contribution is -0.0513. The summed E-state index contributed by atoms with van der Waals surface area (Å²) in [4.78, 5) is 11.6. The van der Waals surface area contributed by atoms with E-state index < -0.39 is 6.61 Å². The Hall–Kier alpha value is -2.83. The molecule has 5 nitrogen and oxygen atoms in total. The highest BCUT2D eigenvalue weighted by molar-refractivity contribution is 5.94. The van der Waals surface area contributed by atoms with Crippen molar-refractivity contribution in [2.45, 2.75) is 20.1 Å². The number of hydrogen-bond donors (Lipinski definition) is 0. The van der Waals surface area contributed by atoms with Crippen LogP contribution in [-0.2, 0) is 11.3 Å². The molecule has 0 aromatic heterocycles. The van der Waals surface area contributed by atoms with E-state index in [1.54, 1.807) is 25.1 Å². The number of rotatable bonds is 6. The zero-order valence-electron chi connectivity index (χ0n) is 13.7. The number of carbonyl (C=O) groups is 1. The first-order chi connectivity index (χ1) is 12.0. The highest BCUT2D eigenvalue weighted by Gasteiger charge is 2.24. The predicted octanol–water partition coefficient (Wildman–Crippen LogP) is 4.03. The Kier molecular flexibility index (Phi) is 4.74. The molecule has 0 fully saturated rings. The molecule has 1 aliphatic rings. The predicted molar refractivity (Wildman–Crippen MR) is 85.4 cm³/mol. The molecular weight excluding hydrogens is 334 g/mol. The lowest BCUT2D eigenvalue weighted by atomic mass is 9.99. The number of esters is 1. The second kappa shape index (κ2) is 6.96. The molecule has 0 bridgehead atoms. The minimum Gasteiger partial charge on any atom is -0.490 e. The molecule has 132 valence electrons. The van der Waals surface area contributed by atoms with Crippen LogP contribution >= 0.6 is 0 Å². The van der Waals surface area contributed by atoms with E-state index in [4.69, 9.17) is 14.2 Å². The van der Waals surface area contributed by atoms with E-state index >= 15 is 0 Å². The van der Waals surface area contributed by atoms with E-state index in [2.05, 4.69) is 4.74 Å². The number of fused-ring (bicyclic) bond motifs is 1. The van der Waals surface area contributed by atoms with Gasteiger partial charge in [-0.2, -0.15) is 8.78 Å². The second-order valence-electron chi connectivity index (χ2n) is 5.23. The Morgan fingerprint density at radius 1 is 1.16 bits per heavy atom. The van der Waals surface area contributed by atoms with Crippen molar-refractivity contribution < 1.29 is 32.5 Å². The van der Waals surface area contributed by atoms with Gasteiger partial charge in [0.25, 0.3) is 0 Å². The van der Waals surface area contributed by atoms with Gasteiger partial charge in [0.2, 0.25) is 5.75 Å². The van der Waals surface area contributed by atoms with Gasteiger partial charge in [-0.15, -0.1) is 0 Å². The zero-order chi connectivity index (χ0) is 18.0. The van der Waals surface area contributed by atoms with Gasteiger partial charge in [0.1, 0.15) is 6.61 Å². The maximum atomic E-state index is 12.6. The van der Waals surface area contributed by atoms with Gasteiger partial charge in [-0.3, -0.25) is 0 Å². The second-order valence-corrected chi connectivity index (χ2v) is 5.23. The Bertz CT molecular complexity index is 804. The fourth-order valence-corrected chi connectivity index (χ4v) is 2.74. The van der Waals surface area contributed by atoms with E-state index in [-0.39, 0.29) is 24.1 Å². The van der Waals surface area contributed by atoms with Crippen molar-refractivity contribution in [3.63, 3.8) is 0 Å². The van der Waals surface area contributed by atoms with Crippen LogP contribution in [0.1, 0.15) is 22.8 Å². The number of alkyl halides is 2. The summed E-state index contributed by atoms with van der Waals surface area (Å²) in [6.45, 7) is -0.680. The number of benzene rings is 2. The van der Waals surface area contributed by atoms with Crippen LogP contribution in [0.2, 0.25) is 0 Å². The van der Waals surface area contributed by atoms with Crippen LogP contribution in [-0.4, -0.2) is 26.3 Å². The van der Waals surface area contributed by atoms with Gasteiger partial charge in [-0.05, 0) is 36.8 Å². The minimum absolute atomic E-state index is 0.0903. The summed E-state index contributed by atoms with van der Waals surface area (Å²) >= 11 is 0. The monoisotopic (exact) mass is 350 g/mol. The number of cyclic esters (lactones) is 1. The molecule has 1 heterocycles. The molecule has 0 aliphatic carbocycles. The van der Waals surface area contributed by atoms with Crippen molar-refractivity contribution >= 4 is 5.97 Å². The normalized spacial score (nSPS) is 12.8. The molecule has 2 aromatic rings. The number of hydrogen-bond acceptors (Lipinski definition) is 5. The van der Waals surface area contributed by atoms with Crippen molar-refractivity contribution in [1.82, 2.24) is 0 Å². The molecule has 0 N–H and O–H groups in total. The molecule has 3 rings (SSSR count). The first-order valence-electron chi connectivity index (χ1n) is 7.64. The smallest absolute Gasteiger partial charge is 0.387 e. The van der Waals surface area contributed by atoms with Crippen LogP contribution in [0.4, 0.5) is 8.78 Å². The van der Waals surface area contributed by atoms with E-state index in [1.165, 1.54) is 13.2 Å². The molecule has 25 heavy (non-hydrogen) atoms. The Morgan fingerprint density at radius 2 is 1.92 bits per heavy atom. The Balaban J connectivity index is 2.11. The number of halogens is 2. The van der Waals surface area contributed by atoms with Gasteiger partial charge in [-0.1, -0.05) is 6.07 Å². The van der Waals surface area contributed by atoms with Gasteiger partial charge in [0.15, 0.2) is 11.5 Å². The molecule has 7 heteroatoms. The summed E-state index contributed by atoms with van der Waals surface area (Å²) in [6.07, 6.45) is 0. The van der Waals surface area contributed by atoms with E-state index in [1.807, 2.05) is 6.07 Å². The molecule has 0 amide bonds. The van der Waals surface area contributed by atoms with Crippen LogP contribution in [0.3, 0.4) is 0 Å². The van der Waals surface area contributed by atoms with Crippen LogP contribution in [0.5, 0.6) is 17.2 Å². The van der Waals surface area contributed by atoms with Crippen molar-refractivity contribution in [3.05, 3.63) is 41.5 Å². The SMILES string of the molecule is CCOc1c(-c2ccc3c(c2)COC3=O)ccc(OC(F)F)c1OC. The number of carbonyl (C=O) groups excluding carboxylic acids is 1. The Morgan fingerprint density at radius 3 is 2.60 bits per heavy atom. The van der Waals surface area contributed by atoms with Crippen molar-refractivity contribution in [1.29, 1.82) is 0 Å². The molecule has 0 saturated heterocycles. The summed E-state index contributed by atoms with van der Waals surface area (Å²) in [7, 11) is 1.36. The summed E-state index contributed by atoms with van der Waals surface area (Å²) in [5.41, 5.74) is 2.67. The van der Waals surface area contributed by atoms with E-state index in [0.717, 1.165) is 11.1 Å². The van der Waals surface area contributed by atoms with Gasteiger partial charge in [-0.25, -0.2) is 4.79 Å². The first-order valence-corrected chi connectivity index (χ1v) is 7.64. The highest BCUT2D eigenvalue weighted by atomic mass is 19.3. The maximum Gasteiger partial charge on any atom is 0.387 e. The fraction of sp³-hybridized carbons (Fsp3) is 0.278. The molecule has 0 saturated carbocycles. The van der Waals surface area contributed by atoms with Gasteiger partial charge < -0.3 is 18.9 Å². The third-order valence-corrected chi connectivity index (χ3v) is 3.78. The number of methoxy groups -OCH3 is 1. The third kappa shape index (κ3) is 3.22. The van der Waals surface area contributed by atoms with E-state index in [9.17, 15) is 13.6 Å². The molecule has 2 aromatic carbocycles. The molecule has 1 aliphatic heterocycles. The van der Waals surface area contributed by atoms with Crippen LogP contribution in [0.25, 0.3) is 11.1 Å². The molecule has 0 atom stereocenters. The topological polar surface area (TPSA) is 54.0 Å². The van der Waals surface area contributed by atoms with Crippen molar-refractivity contribution in [2.24, 2.45) is 0 Å². The van der Waals surface area contributed by atoms with Crippen LogP contribution < -0.4 is 14.2 Å². The van der Waals surface area contributed by atoms with Gasteiger partial charge >= 0.3 is 12.6 Å². The minimum atomic E-state index is -2.97. The standard InChI is InChI=1S/C18H16F2O5/c1-3-23-15-12(6-7-14(16(15)22-2)25-18(19)20)10-4-5-13-11(8-10)9-24-17(13)21/h4-8,18H,3,9H2,1-2H3. The zero-order valence-corrected chi connectivity index (χ0v) is 13.7. The van der Waals surface area contributed by atoms with Crippen molar-refractivity contribution in [2.75, 3.05) is 13.7 Å². The molecular formula is C18H16F2O5. The lowest BCUT2D eigenvalue weighted by Crippen LogP contribution is -2.06. The average Bonchev–Trinajstić information content (AvgIpc) is 2.95. The Labute approximate surface area is 143 Å². The highest BCUT2D eigenvalue weighted by Crippen LogP contribution is 2.45. The number of ether oxygens (including phenoxy) is 4. The summed E-state index contributed by atoms with van der Waals surface area (Å²) < 4.78 is 45.6. The van der Waals surface area contributed by atoms with Gasteiger partial charge in [0.05, 0.1) is 19.3 Å². The first kappa shape index (κ1) is 17.0. The van der Waals surface area contributed by atoms with Crippen LogP contribution in [0.15, 0.2) is 30.3 Å². The lowest BCUT2D eigenvalue weighted by Gasteiger charge is -2.18. The molecule has 0 spiro atoms. The summed E-state index contributed by atoms with van der Waals surface area (Å²) in [6, 6.07) is 8.25. The average molecular weight is 350 g/mol.